The first-order chi connectivity index (χ1) is 8.81. The molecule has 18 heavy (non-hydrogen) atoms. The van der Waals surface area contributed by atoms with Crippen molar-refractivity contribution in [2.75, 3.05) is 5.33 Å². The second-order valence-electron chi connectivity index (χ2n) is 4.39. The molecule has 2 aromatic carbocycles. The molecule has 0 aromatic heterocycles. The molecule has 0 saturated carbocycles. The van der Waals surface area contributed by atoms with Crippen LogP contribution in [0, 0.1) is 0 Å². The predicted molar refractivity (Wildman–Crippen MR) is 83.1 cm³/mol. The minimum atomic E-state index is 0.423. The Labute approximate surface area is 117 Å². The summed E-state index contributed by atoms with van der Waals surface area (Å²) in [5.41, 5.74) is 3.97. The van der Waals surface area contributed by atoms with Crippen molar-refractivity contribution in [2.24, 2.45) is 0 Å². The van der Waals surface area contributed by atoms with Gasteiger partial charge in [-0.2, -0.15) is 0 Å². The fourth-order valence-electron chi connectivity index (χ4n) is 2.03. The summed E-state index contributed by atoms with van der Waals surface area (Å²) in [6.07, 6.45) is 2.33. The maximum absolute atomic E-state index is 3.61. The van der Waals surface area contributed by atoms with E-state index in [9.17, 15) is 0 Å². The summed E-state index contributed by atoms with van der Waals surface area (Å²) in [5.74, 6) is 0.423. The summed E-state index contributed by atoms with van der Waals surface area (Å²) in [5, 5.41) is 0.946. The van der Waals surface area contributed by atoms with Crippen LogP contribution in [-0.2, 0) is 0 Å². The van der Waals surface area contributed by atoms with Crippen molar-refractivity contribution in [3.8, 4) is 0 Å². The molecule has 0 amide bonds. The third-order valence-corrected chi connectivity index (χ3v) is 3.77. The summed E-state index contributed by atoms with van der Waals surface area (Å²) in [7, 11) is 0. The molecule has 0 N–H and O–H groups in total. The van der Waals surface area contributed by atoms with Crippen molar-refractivity contribution in [3.63, 3.8) is 0 Å². The maximum atomic E-state index is 3.61. The first kappa shape index (κ1) is 13.1. The summed E-state index contributed by atoms with van der Waals surface area (Å²) < 4.78 is 0. The highest BCUT2D eigenvalue weighted by Gasteiger charge is 2.07. The highest BCUT2D eigenvalue weighted by Crippen LogP contribution is 2.24. The van der Waals surface area contributed by atoms with E-state index in [4.69, 9.17) is 0 Å². The Morgan fingerprint density at radius 3 is 2.11 bits per heavy atom. The smallest absolute Gasteiger partial charge is 0.0135 e. The van der Waals surface area contributed by atoms with E-state index in [0.29, 0.717) is 5.92 Å². The monoisotopic (exact) mass is 300 g/mol. The molecule has 2 rings (SSSR count). The molecule has 92 valence electrons. The first-order valence-electron chi connectivity index (χ1n) is 6.16. The largest absolute Gasteiger partial charge is 0.0918 e. The van der Waals surface area contributed by atoms with Gasteiger partial charge >= 0.3 is 0 Å². The average molecular weight is 301 g/mol. The molecule has 1 heteroatoms. The van der Waals surface area contributed by atoms with Crippen molar-refractivity contribution in [1.29, 1.82) is 0 Å². The molecule has 0 radical (unpaired) electrons. The third kappa shape index (κ3) is 3.33. The molecule has 0 spiro atoms. The minimum absolute atomic E-state index is 0.423. The Kier molecular flexibility index (Phi) is 4.77. The van der Waals surface area contributed by atoms with E-state index in [2.05, 4.69) is 89.6 Å². The molecular weight excluding hydrogens is 284 g/mol. The van der Waals surface area contributed by atoms with E-state index in [0.717, 1.165) is 5.33 Å². The molecule has 0 fully saturated rings. The van der Waals surface area contributed by atoms with Gasteiger partial charge in [-0.15, -0.1) is 0 Å². The van der Waals surface area contributed by atoms with E-state index >= 15 is 0 Å². The van der Waals surface area contributed by atoms with Crippen LogP contribution in [0.15, 0.2) is 66.7 Å². The molecule has 0 aliphatic rings. The van der Waals surface area contributed by atoms with Crippen molar-refractivity contribution < 1.29 is 0 Å². The fraction of sp³-hybridized carbons (Fsp3) is 0.176. The molecule has 0 aliphatic carbocycles. The van der Waals surface area contributed by atoms with Crippen LogP contribution in [0.1, 0.15) is 24.0 Å². The number of rotatable bonds is 4. The van der Waals surface area contributed by atoms with Gasteiger partial charge in [0.1, 0.15) is 0 Å². The number of alkyl halides is 1. The molecular formula is C17H17Br. The highest BCUT2D eigenvalue weighted by atomic mass is 79.9. The zero-order valence-electron chi connectivity index (χ0n) is 10.5. The molecule has 1 atom stereocenters. The molecule has 2 aromatic rings. The van der Waals surface area contributed by atoms with Gasteiger partial charge in [0.05, 0.1) is 0 Å². The van der Waals surface area contributed by atoms with Crippen LogP contribution in [0.3, 0.4) is 0 Å². The molecule has 0 aliphatic heterocycles. The Bertz CT molecular complexity index is 500. The van der Waals surface area contributed by atoms with E-state index in [1.54, 1.807) is 0 Å². The maximum Gasteiger partial charge on any atom is 0.0135 e. The van der Waals surface area contributed by atoms with Gasteiger partial charge in [-0.05, 0) is 23.6 Å². The van der Waals surface area contributed by atoms with Gasteiger partial charge in [0.2, 0.25) is 0 Å². The zero-order chi connectivity index (χ0) is 12.8. The second-order valence-corrected chi connectivity index (χ2v) is 5.03. The molecule has 0 bridgehead atoms. The molecule has 0 unspecified atom stereocenters. The van der Waals surface area contributed by atoms with E-state index in [1.165, 1.54) is 16.7 Å². The third-order valence-electron chi connectivity index (χ3n) is 3.07. The average Bonchev–Trinajstić information content (AvgIpc) is 2.46. The van der Waals surface area contributed by atoms with Crippen LogP contribution in [-0.4, -0.2) is 5.33 Å². The van der Waals surface area contributed by atoms with Gasteiger partial charge in [0.15, 0.2) is 0 Å². The van der Waals surface area contributed by atoms with E-state index in [-0.39, 0.29) is 0 Å². The summed E-state index contributed by atoms with van der Waals surface area (Å²) in [4.78, 5) is 0. The van der Waals surface area contributed by atoms with Crippen LogP contribution >= 0.6 is 15.9 Å². The first-order valence-corrected chi connectivity index (χ1v) is 7.28. The van der Waals surface area contributed by atoms with Gasteiger partial charge in [-0.1, -0.05) is 82.7 Å². The van der Waals surface area contributed by atoms with E-state index in [1.807, 2.05) is 0 Å². The lowest BCUT2D eigenvalue weighted by Crippen LogP contribution is -1.97. The van der Waals surface area contributed by atoms with Gasteiger partial charge in [0, 0.05) is 11.2 Å². The van der Waals surface area contributed by atoms with Crippen LogP contribution in [0.25, 0.3) is 5.57 Å². The summed E-state index contributed by atoms with van der Waals surface area (Å²) in [6, 6.07) is 21.1. The summed E-state index contributed by atoms with van der Waals surface area (Å²) in [6.45, 7) is 2.17. The van der Waals surface area contributed by atoms with Crippen LogP contribution in [0.2, 0.25) is 0 Å². The Morgan fingerprint density at radius 1 is 1.00 bits per heavy atom. The van der Waals surface area contributed by atoms with Gasteiger partial charge in [-0.3, -0.25) is 0 Å². The molecule has 0 nitrogen and oxygen atoms in total. The van der Waals surface area contributed by atoms with Crippen LogP contribution < -0.4 is 0 Å². The van der Waals surface area contributed by atoms with Gasteiger partial charge in [-0.25, -0.2) is 0 Å². The highest BCUT2D eigenvalue weighted by molar-refractivity contribution is 9.09. The fourth-order valence-corrected chi connectivity index (χ4v) is 2.59. The van der Waals surface area contributed by atoms with Crippen molar-refractivity contribution in [3.05, 3.63) is 77.9 Å². The Morgan fingerprint density at radius 2 is 1.56 bits per heavy atom. The van der Waals surface area contributed by atoms with Crippen LogP contribution in [0.5, 0.6) is 0 Å². The standard InChI is InChI=1S/C17H17Br/c1-14(15-8-4-2-5-9-15)12-17(13-18)16-10-6-3-7-11-16/h2-12,17H,13H2,1H3/b14-12+/t17-/m1/s1. The predicted octanol–water partition coefficient (Wildman–Crippen LogP) is 5.27. The number of halogens is 1. The lowest BCUT2D eigenvalue weighted by molar-refractivity contribution is 0.992. The zero-order valence-corrected chi connectivity index (χ0v) is 12.1. The quantitative estimate of drug-likeness (QED) is 0.675. The van der Waals surface area contributed by atoms with Crippen molar-refractivity contribution in [2.45, 2.75) is 12.8 Å². The van der Waals surface area contributed by atoms with E-state index < -0.39 is 0 Å². The number of allylic oxidation sites excluding steroid dienone is 2. The van der Waals surface area contributed by atoms with Gasteiger partial charge in [0.25, 0.3) is 0 Å². The number of hydrogen-bond acceptors (Lipinski definition) is 0. The number of benzene rings is 2. The van der Waals surface area contributed by atoms with Gasteiger partial charge < -0.3 is 0 Å². The van der Waals surface area contributed by atoms with Crippen LogP contribution in [0.4, 0.5) is 0 Å². The minimum Gasteiger partial charge on any atom is -0.0918 e. The second kappa shape index (κ2) is 6.55. The molecule has 0 saturated heterocycles. The molecule has 0 heterocycles. The topological polar surface area (TPSA) is 0 Å². The van der Waals surface area contributed by atoms with Crippen molar-refractivity contribution in [1.82, 2.24) is 0 Å². The number of hydrogen-bond donors (Lipinski definition) is 0. The van der Waals surface area contributed by atoms with Crippen molar-refractivity contribution >= 4 is 21.5 Å². The Balaban J connectivity index is 2.25. The SMILES string of the molecule is C/C(=C\[C@H](CBr)c1ccccc1)c1ccccc1. The lowest BCUT2D eigenvalue weighted by atomic mass is 9.96. The lowest BCUT2D eigenvalue weighted by Gasteiger charge is -2.12. The summed E-state index contributed by atoms with van der Waals surface area (Å²) >= 11 is 3.61. The normalized spacial score (nSPS) is 13.3. The Hall–Kier alpha value is -1.34.